The number of nitrogens with zero attached hydrogens (tertiary/aromatic N) is 4. The van der Waals surface area contributed by atoms with Crippen molar-refractivity contribution in [2.45, 2.75) is 13.0 Å². The second-order valence-corrected chi connectivity index (χ2v) is 8.33. The van der Waals surface area contributed by atoms with Crippen LogP contribution in [0.1, 0.15) is 18.5 Å². The van der Waals surface area contributed by atoms with Crippen molar-refractivity contribution in [1.82, 2.24) is 14.7 Å². The zero-order valence-electron chi connectivity index (χ0n) is 17.3. The normalized spacial score (nSPS) is 18.6. The molecule has 0 radical (unpaired) electrons. The summed E-state index contributed by atoms with van der Waals surface area (Å²) in [5, 5.41) is 8.53. The van der Waals surface area contributed by atoms with Gasteiger partial charge in [-0.15, -0.1) is 0 Å². The molecule has 1 amide bonds. The average molecular weight is 434 g/mol. The van der Waals surface area contributed by atoms with Crippen LogP contribution in [0.5, 0.6) is 0 Å². The van der Waals surface area contributed by atoms with Crippen molar-refractivity contribution in [1.29, 1.82) is 0 Å². The molecule has 5 rings (SSSR count). The molecule has 2 aliphatic rings. The minimum absolute atomic E-state index is 0.0545. The van der Waals surface area contributed by atoms with Crippen LogP contribution in [0.15, 0.2) is 78.1 Å². The molecule has 1 N–H and O–H groups in total. The number of carbonyl (C=O) groups excluding carboxylic acids is 1. The summed E-state index contributed by atoms with van der Waals surface area (Å²) >= 11 is 6.12. The van der Waals surface area contributed by atoms with Gasteiger partial charge in [-0.1, -0.05) is 41.9 Å². The Morgan fingerprint density at radius 3 is 2.42 bits per heavy atom. The summed E-state index contributed by atoms with van der Waals surface area (Å²) in [5.74, 6) is 0.932. The SMILES string of the molecule is CC1=C(C(=O)N2CCN(c3ccccc3)CC2)C(c2ccc(Cl)cc2)n2nccc2N1. The number of fused-ring (bicyclic) bond motifs is 1. The molecule has 6 nitrogen and oxygen atoms in total. The summed E-state index contributed by atoms with van der Waals surface area (Å²) in [5.41, 5.74) is 3.78. The molecule has 3 aromatic rings. The van der Waals surface area contributed by atoms with Gasteiger partial charge in [0.1, 0.15) is 11.9 Å². The van der Waals surface area contributed by atoms with E-state index < -0.39 is 0 Å². The number of para-hydroxylation sites is 1. The third-order valence-electron chi connectivity index (χ3n) is 6.01. The summed E-state index contributed by atoms with van der Waals surface area (Å²) in [6.45, 7) is 4.96. The van der Waals surface area contributed by atoms with Crippen LogP contribution in [0.3, 0.4) is 0 Å². The van der Waals surface area contributed by atoms with Crippen LogP contribution in [-0.2, 0) is 4.79 Å². The zero-order chi connectivity index (χ0) is 21.4. The van der Waals surface area contributed by atoms with Gasteiger partial charge in [0.25, 0.3) is 5.91 Å². The van der Waals surface area contributed by atoms with E-state index in [9.17, 15) is 4.79 Å². The summed E-state index contributed by atoms with van der Waals surface area (Å²) in [6, 6.07) is 19.6. The second-order valence-electron chi connectivity index (χ2n) is 7.89. The highest BCUT2D eigenvalue weighted by Crippen LogP contribution is 2.37. The molecule has 31 heavy (non-hydrogen) atoms. The minimum Gasteiger partial charge on any atom is -0.368 e. The molecule has 2 aliphatic heterocycles. The molecular weight excluding hydrogens is 410 g/mol. The van der Waals surface area contributed by atoms with Gasteiger partial charge < -0.3 is 15.1 Å². The fraction of sp³-hybridized carbons (Fsp3) is 0.250. The van der Waals surface area contributed by atoms with Crippen molar-refractivity contribution in [2.75, 3.05) is 36.4 Å². The van der Waals surface area contributed by atoms with Crippen LogP contribution in [0.4, 0.5) is 11.5 Å². The van der Waals surface area contributed by atoms with Gasteiger partial charge in [-0.05, 0) is 36.8 Å². The van der Waals surface area contributed by atoms with Crippen molar-refractivity contribution in [3.8, 4) is 0 Å². The Kier molecular flexibility index (Phi) is 5.16. The Balaban J connectivity index is 1.42. The first kappa shape index (κ1) is 19.7. The number of hydrogen-bond acceptors (Lipinski definition) is 4. The van der Waals surface area contributed by atoms with Crippen LogP contribution in [0, 0.1) is 0 Å². The Hall–Kier alpha value is -3.25. The minimum atomic E-state index is -0.289. The fourth-order valence-electron chi connectivity index (χ4n) is 4.41. The summed E-state index contributed by atoms with van der Waals surface area (Å²) < 4.78 is 1.88. The lowest BCUT2D eigenvalue weighted by Crippen LogP contribution is -2.50. The Labute approximate surface area is 186 Å². The number of hydrogen-bond donors (Lipinski definition) is 1. The Morgan fingerprint density at radius 2 is 1.71 bits per heavy atom. The molecule has 7 heteroatoms. The molecule has 3 heterocycles. The maximum Gasteiger partial charge on any atom is 0.254 e. The van der Waals surface area contributed by atoms with E-state index >= 15 is 0 Å². The highest BCUT2D eigenvalue weighted by molar-refractivity contribution is 6.30. The standard InChI is InChI=1S/C24H24ClN5O/c1-17-22(24(31)29-15-13-28(14-16-29)20-5-3-2-4-6-20)23(18-7-9-19(25)10-8-18)30-21(27-17)11-12-26-30/h2-12,23,27H,13-16H2,1H3. The molecule has 0 bridgehead atoms. The first-order chi connectivity index (χ1) is 15.1. The average Bonchev–Trinajstić information content (AvgIpc) is 3.27. The van der Waals surface area contributed by atoms with Crippen LogP contribution in [-0.4, -0.2) is 46.8 Å². The molecular formula is C24H24ClN5O. The summed E-state index contributed by atoms with van der Waals surface area (Å²) in [7, 11) is 0. The Morgan fingerprint density at radius 1 is 1.00 bits per heavy atom. The number of benzene rings is 2. The van der Waals surface area contributed by atoms with Crippen molar-refractivity contribution in [2.24, 2.45) is 0 Å². The maximum absolute atomic E-state index is 13.7. The molecule has 0 aliphatic carbocycles. The number of anilines is 2. The maximum atomic E-state index is 13.7. The lowest BCUT2D eigenvalue weighted by molar-refractivity contribution is -0.127. The van der Waals surface area contributed by atoms with E-state index in [-0.39, 0.29) is 11.9 Å². The van der Waals surface area contributed by atoms with Crippen molar-refractivity contribution < 1.29 is 4.79 Å². The highest BCUT2D eigenvalue weighted by atomic mass is 35.5. The number of nitrogens with one attached hydrogen (secondary N) is 1. The predicted octanol–water partition coefficient (Wildman–Crippen LogP) is 4.17. The third kappa shape index (κ3) is 3.68. The van der Waals surface area contributed by atoms with Gasteiger partial charge in [-0.2, -0.15) is 5.10 Å². The smallest absolute Gasteiger partial charge is 0.254 e. The Bertz CT molecular complexity index is 1110. The lowest BCUT2D eigenvalue weighted by atomic mass is 9.94. The van der Waals surface area contributed by atoms with E-state index in [1.165, 1.54) is 5.69 Å². The molecule has 0 spiro atoms. The molecule has 1 aromatic heterocycles. The van der Waals surface area contributed by atoms with E-state index in [1.807, 2.05) is 65.0 Å². The first-order valence-corrected chi connectivity index (χ1v) is 10.9. The highest BCUT2D eigenvalue weighted by Gasteiger charge is 2.35. The van der Waals surface area contributed by atoms with Gasteiger partial charge in [0.2, 0.25) is 0 Å². The second kappa shape index (κ2) is 8.12. The number of carbonyl (C=O) groups is 1. The molecule has 1 fully saturated rings. The quantitative estimate of drug-likeness (QED) is 0.673. The molecule has 158 valence electrons. The van der Waals surface area contributed by atoms with Gasteiger partial charge in [0.05, 0.1) is 11.8 Å². The fourth-order valence-corrected chi connectivity index (χ4v) is 4.54. The largest absolute Gasteiger partial charge is 0.368 e. The van der Waals surface area contributed by atoms with E-state index in [1.54, 1.807) is 6.20 Å². The van der Waals surface area contributed by atoms with Crippen molar-refractivity contribution in [3.63, 3.8) is 0 Å². The van der Waals surface area contributed by atoms with Crippen LogP contribution in [0.2, 0.25) is 5.02 Å². The topological polar surface area (TPSA) is 53.4 Å². The van der Waals surface area contributed by atoms with Crippen molar-refractivity contribution >= 4 is 29.0 Å². The van der Waals surface area contributed by atoms with E-state index in [2.05, 4.69) is 27.4 Å². The molecule has 2 aromatic carbocycles. The molecule has 0 saturated carbocycles. The number of amides is 1. The predicted molar refractivity (Wildman–Crippen MR) is 123 cm³/mol. The molecule has 1 atom stereocenters. The first-order valence-electron chi connectivity index (χ1n) is 10.5. The van der Waals surface area contributed by atoms with Gasteiger partial charge >= 0.3 is 0 Å². The monoisotopic (exact) mass is 433 g/mol. The van der Waals surface area contributed by atoms with Gasteiger partial charge in [0, 0.05) is 48.7 Å². The number of rotatable bonds is 3. The van der Waals surface area contributed by atoms with E-state index in [0.717, 1.165) is 35.7 Å². The van der Waals surface area contributed by atoms with Crippen LogP contribution < -0.4 is 10.2 Å². The van der Waals surface area contributed by atoms with E-state index in [4.69, 9.17) is 11.6 Å². The van der Waals surface area contributed by atoms with E-state index in [0.29, 0.717) is 18.1 Å². The van der Waals surface area contributed by atoms with Crippen LogP contribution >= 0.6 is 11.6 Å². The van der Waals surface area contributed by atoms with Crippen molar-refractivity contribution in [3.05, 3.63) is 88.7 Å². The molecule has 1 saturated heterocycles. The summed E-state index contributed by atoms with van der Waals surface area (Å²) in [4.78, 5) is 18.0. The van der Waals surface area contributed by atoms with Gasteiger partial charge in [-0.25, -0.2) is 4.68 Å². The lowest BCUT2D eigenvalue weighted by Gasteiger charge is -2.38. The van der Waals surface area contributed by atoms with Crippen LogP contribution in [0.25, 0.3) is 0 Å². The van der Waals surface area contributed by atoms with Gasteiger partial charge in [-0.3, -0.25) is 4.79 Å². The third-order valence-corrected chi connectivity index (χ3v) is 6.26. The number of allylic oxidation sites excluding steroid dienone is 1. The zero-order valence-corrected chi connectivity index (χ0v) is 18.1. The molecule has 1 unspecified atom stereocenters. The summed E-state index contributed by atoms with van der Waals surface area (Å²) in [6.07, 6.45) is 1.75. The number of halogens is 1. The van der Waals surface area contributed by atoms with Gasteiger partial charge in [0.15, 0.2) is 0 Å². The number of piperazine rings is 1. The number of aromatic nitrogens is 2.